The number of hydrogen-bond donors (Lipinski definition) is 1. The quantitative estimate of drug-likeness (QED) is 0.886. The van der Waals surface area contributed by atoms with E-state index < -0.39 is 10.0 Å². The fourth-order valence-electron chi connectivity index (χ4n) is 3.30. The van der Waals surface area contributed by atoms with E-state index in [9.17, 15) is 13.2 Å². The lowest BCUT2D eigenvalue weighted by atomic mass is 9.97. The van der Waals surface area contributed by atoms with E-state index in [1.165, 1.54) is 10.6 Å². The minimum atomic E-state index is -3.18. The highest BCUT2D eigenvalue weighted by atomic mass is 32.2. The Morgan fingerprint density at radius 2 is 1.88 bits per heavy atom. The molecule has 8 heteroatoms. The summed E-state index contributed by atoms with van der Waals surface area (Å²) in [6.07, 6.45) is 2.28. The minimum absolute atomic E-state index is 0.0660. The van der Waals surface area contributed by atoms with E-state index in [0.717, 1.165) is 17.1 Å². The summed E-state index contributed by atoms with van der Waals surface area (Å²) in [6, 6.07) is 9.57. The van der Waals surface area contributed by atoms with E-state index in [-0.39, 0.29) is 11.8 Å². The van der Waals surface area contributed by atoms with Crippen LogP contribution in [0.2, 0.25) is 0 Å². The van der Waals surface area contributed by atoms with Crippen LogP contribution in [0.3, 0.4) is 0 Å². The highest BCUT2D eigenvalue weighted by Crippen LogP contribution is 2.22. The standard InChI is InChI=1S/C18H24N4O3S/c1-13-11-14(2)22(20-13)17-6-4-5-16(12-17)19-18(23)15-7-9-21(10-8-15)26(3,24)25/h4-6,11-12,15H,7-10H2,1-3H3,(H,19,23). The highest BCUT2D eigenvalue weighted by Gasteiger charge is 2.28. The molecule has 0 radical (unpaired) electrons. The molecule has 140 valence electrons. The zero-order valence-corrected chi connectivity index (χ0v) is 16.1. The fraction of sp³-hybridized carbons (Fsp3) is 0.444. The maximum atomic E-state index is 12.5. The van der Waals surface area contributed by atoms with Crippen molar-refractivity contribution in [2.24, 2.45) is 5.92 Å². The summed E-state index contributed by atoms with van der Waals surface area (Å²) in [4.78, 5) is 12.5. The number of piperidine rings is 1. The van der Waals surface area contributed by atoms with Gasteiger partial charge in [-0.2, -0.15) is 5.10 Å². The molecule has 0 spiro atoms. The summed E-state index contributed by atoms with van der Waals surface area (Å²) in [6.45, 7) is 4.71. The normalized spacial score (nSPS) is 16.6. The van der Waals surface area contributed by atoms with Gasteiger partial charge in [-0.3, -0.25) is 4.79 Å². The maximum absolute atomic E-state index is 12.5. The SMILES string of the molecule is Cc1cc(C)n(-c2cccc(NC(=O)C3CCN(S(C)(=O)=O)CC3)c2)n1. The molecule has 1 N–H and O–H groups in total. The molecule has 0 unspecified atom stereocenters. The Morgan fingerprint density at radius 1 is 1.19 bits per heavy atom. The molecule has 0 saturated carbocycles. The predicted octanol–water partition coefficient (Wildman–Crippen LogP) is 2.10. The number of aryl methyl sites for hydroxylation is 2. The first-order valence-corrected chi connectivity index (χ1v) is 10.5. The van der Waals surface area contributed by atoms with E-state index in [4.69, 9.17) is 0 Å². The van der Waals surface area contributed by atoms with Crippen molar-refractivity contribution in [2.45, 2.75) is 26.7 Å². The average Bonchev–Trinajstić information content (AvgIpc) is 2.93. The topological polar surface area (TPSA) is 84.3 Å². The van der Waals surface area contributed by atoms with Crippen molar-refractivity contribution in [1.29, 1.82) is 0 Å². The molecule has 1 aromatic carbocycles. The number of sulfonamides is 1. The van der Waals surface area contributed by atoms with Gasteiger partial charge < -0.3 is 5.32 Å². The number of anilines is 1. The zero-order chi connectivity index (χ0) is 18.9. The summed E-state index contributed by atoms with van der Waals surface area (Å²) >= 11 is 0. The molecule has 3 rings (SSSR count). The van der Waals surface area contributed by atoms with Crippen molar-refractivity contribution in [3.05, 3.63) is 41.7 Å². The third kappa shape index (κ3) is 4.13. The second-order valence-electron chi connectivity index (χ2n) is 6.81. The maximum Gasteiger partial charge on any atom is 0.227 e. The van der Waals surface area contributed by atoms with E-state index >= 15 is 0 Å². The molecule has 1 saturated heterocycles. The number of rotatable bonds is 4. The third-order valence-corrected chi connectivity index (χ3v) is 5.96. The first-order valence-electron chi connectivity index (χ1n) is 8.64. The van der Waals surface area contributed by atoms with Gasteiger partial charge in [0.1, 0.15) is 0 Å². The number of nitrogens with zero attached hydrogens (tertiary/aromatic N) is 3. The van der Waals surface area contributed by atoms with Crippen molar-refractivity contribution >= 4 is 21.6 Å². The van der Waals surface area contributed by atoms with Crippen LogP contribution in [0.15, 0.2) is 30.3 Å². The second kappa shape index (κ2) is 7.20. The Kier molecular flexibility index (Phi) is 5.15. The van der Waals surface area contributed by atoms with Crippen LogP contribution in [-0.4, -0.2) is 47.8 Å². The van der Waals surface area contributed by atoms with Crippen molar-refractivity contribution in [3.8, 4) is 5.69 Å². The lowest BCUT2D eigenvalue weighted by Gasteiger charge is -2.29. The fourth-order valence-corrected chi connectivity index (χ4v) is 4.17. The van der Waals surface area contributed by atoms with Gasteiger partial charge in [-0.1, -0.05) is 6.07 Å². The van der Waals surface area contributed by atoms with Gasteiger partial charge in [-0.15, -0.1) is 0 Å². The Morgan fingerprint density at radius 3 is 2.46 bits per heavy atom. The molecule has 2 aromatic rings. The number of carbonyl (C=O) groups excluding carboxylic acids is 1. The summed E-state index contributed by atoms with van der Waals surface area (Å²) in [7, 11) is -3.18. The number of aromatic nitrogens is 2. The molecule has 1 fully saturated rings. The Bertz CT molecular complexity index is 912. The van der Waals surface area contributed by atoms with Crippen LogP contribution >= 0.6 is 0 Å². The van der Waals surface area contributed by atoms with Crippen LogP contribution in [0.25, 0.3) is 5.69 Å². The Labute approximate surface area is 154 Å². The predicted molar refractivity (Wildman–Crippen MR) is 101 cm³/mol. The van der Waals surface area contributed by atoms with Crippen LogP contribution in [0.4, 0.5) is 5.69 Å². The lowest BCUT2D eigenvalue weighted by molar-refractivity contribution is -0.120. The molecule has 0 aliphatic carbocycles. The number of nitrogens with one attached hydrogen (secondary N) is 1. The molecular formula is C18H24N4O3S. The number of carbonyl (C=O) groups is 1. The zero-order valence-electron chi connectivity index (χ0n) is 15.3. The largest absolute Gasteiger partial charge is 0.326 e. The summed E-state index contributed by atoms with van der Waals surface area (Å²) in [5, 5.41) is 7.42. The first-order chi connectivity index (χ1) is 12.2. The van der Waals surface area contributed by atoms with Gasteiger partial charge in [0.15, 0.2) is 0 Å². The van der Waals surface area contributed by atoms with Crippen LogP contribution in [0.1, 0.15) is 24.2 Å². The molecule has 1 aliphatic heterocycles. The summed E-state index contributed by atoms with van der Waals surface area (Å²) < 4.78 is 26.4. The third-order valence-electron chi connectivity index (χ3n) is 4.66. The van der Waals surface area contributed by atoms with Crippen LogP contribution in [0.5, 0.6) is 0 Å². The minimum Gasteiger partial charge on any atom is -0.326 e. The smallest absolute Gasteiger partial charge is 0.227 e. The summed E-state index contributed by atoms with van der Waals surface area (Å²) in [5.41, 5.74) is 3.57. The molecular weight excluding hydrogens is 352 g/mol. The molecule has 7 nitrogen and oxygen atoms in total. The molecule has 0 atom stereocenters. The monoisotopic (exact) mass is 376 g/mol. The highest BCUT2D eigenvalue weighted by molar-refractivity contribution is 7.88. The van der Waals surface area contributed by atoms with Crippen molar-refractivity contribution in [2.75, 3.05) is 24.7 Å². The van der Waals surface area contributed by atoms with E-state index in [1.54, 1.807) is 0 Å². The number of benzene rings is 1. The van der Waals surface area contributed by atoms with Gasteiger partial charge in [-0.25, -0.2) is 17.4 Å². The van der Waals surface area contributed by atoms with Crippen LogP contribution in [-0.2, 0) is 14.8 Å². The van der Waals surface area contributed by atoms with Crippen molar-refractivity contribution in [1.82, 2.24) is 14.1 Å². The first kappa shape index (κ1) is 18.6. The van der Waals surface area contributed by atoms with Gasteiger partial charge in [0.05, 0.1) is 17.6 Å². The molecule has 1 aromatic heterocycles. The molecule has 1 aliphatic rings. The molecule has 2 heterocycles. The molecule has 26 heavy (non-hydrogen) atoms. The second-order valence-corrected chi connectivity index (χ2v) is 8.80. The average molecular weight is 376 g/mol. The number of hydrogen-bond acceptors (Lipinski definition) is 4. The Hall–Kier alpha value is -2.19. The van der Waals surface area contributed by atoms with Gasteiger partial charge in [0.25, 0.3) is 0 Å². The summed E-state index contributed by atoms with van der Waals surface area (Å²) in [5.74, 6) is -0.242. The van der Waals surface area contributed by atoms with Crippen LogP contribution < -0.4 is 5.32 Å². The lowest BCUT2D eigenvalue weighted by Crippen LogP contribution is -2.40. The van der Waals surface area contributed by atoms with Gasteiger partial charge in [0, 0.05) is 30.4 Å². The van der Waals surface area contributed by atoms with E-state index in [1.807, 2.05) is 48.9 Å². The van der Waals surface area contributed by atoms with Gasteiger partial charge >= 0.3 is 0 Å². The molecule has 0 bridgehead atoms. The number of amides is 1. The Balaban J connectivity index is 1.67. The van der Waals surface area contributed by atoms with Crippen LogP contribution in [0, 0.1) is 19.8 Å². The van der Waals surface area contributed by atoms with E-state index in [2.05, 4.69) is 10.4 Å². The van der Waals surface area contributed by atoms with Crippen molar-refractivity contribution in [3.63, 3.8) is 0 Å². The molecule has 1 amide bonds. The van der Waals surface area contributed by atoms with E-state index in [0.29, 0.717) is 31.6 Å². The van der Waals surface area contributed by atoms with Crippen molar-refractivity contribution < 1.29 is 13.2 Å². The van der Waals surface area contributed by atoms with Gasteiger partial charge in [-0.05, 0) is 51.0 Å². The van der Waals surface area contributed by atoms with Gasteiger partial charge in [0.2, 0.25) is 15.9 Å².